The maximum absolute atomic E-state index is 12.1. The summed E-state index contributed by atoms with van der Waals surface area (Å²) in [5.74, 6) is 0.479. The predicted molar refractivity (Wildman–Crippen MR) is 78.9 cm³/mol. The molecule has 5 nitrogen and oxygen atoms in total. The second kappa shape index (κ2) is 5.46. The van der Waals surface area contributed by atoms with Gasteiger partial charge in [-0.3, -0.25) is 5.32 Å². The van der Waals surface area contributed by atoms with Crippen molar-refractivity contribution in [3.8, 4) is 0 Å². The molecule has 3 heterocycles. The highest BCUT2D eigenvalue weighted by Crippen LogP contribution is 2.16. The van der Waals surface area contributed by atoms with Crippen molar-refractivity contribution < 1.29 is 4.79 Å². The van der Waals surface area contributed by atoms with Gasteiger partial charge in [-0.1, -0.05) is 23.8 Å². The molecule has 0 spiro atoms. The highest BCUT2D eigenvalue weighted by Gasteiger charge is 2.14. The molecule has 0 aromatic carbocycles. The van der Waals surface area contributed by atoms with Gasteiger partial charge in [0.1, 0.15) is 11.0 Å². The molecule has 3 rings (SSSR count). The summed E-state index contributed by atoms with van der Waals surface area (Å²) in [6.45, 7) is 1.35. The van der Waals surface area contributed by atoms with Gasteiger partial charge in [-0.25, -0.2) is 14.8 Å². The van der Waals surface area contributed by atoms with Crippen molar-refractivity contribution >= 4 is 34.5 Å². The smallest absolute Gasteiger partial charge is 0.320 e. The Kier molecular flexibility index (Phi) is 3.52. The average molecular weight is 289 g/mol. The Balaban J connectivity index is 1.80. The molecule has 1 aliphatic heterocycles. The largest absolute Gasteiger partial charge is 0.323 e. The number of carbonyl (C=O) groups is 1. The highest BCUT2D eigenvalue weighted by molar-refractivity contribution is 6.29. The lowest BCUT2D eigenvalue weighted by Gasteiger charge is -2.23. The van der Waals surface area contributed by atoms with E-state index < -0.39 is 0 Å². The van der Waals surface area contributed by atoms with Crippen LogP contribution in [0.2, 0.25) is 5.15 Å². The number of hydrogen-bond donors (Lipinski definition) is 1. The first-order chi connectivity index (χ1) is 9.72. The van der Waals surface area contributed by atoms with Crippen molar-refractivity contribution in [1.29, 1.82) is 0 Å². The molecule has 2 amide bonds. The number of amides is 2. The van der Waals surface area contributed by atoms with Crippen LogP contribution in [0.5, 0.6) is 0 Å². The highest BCUT2D eigenvalue weighted by atomic mass is 35.5. The molecule has 1 N–H and O–H groups in total. The van der Waals surface area contributed by atoms with E-state index in [1.807, 2.05) is 18.2 Å². The number of fused-ring (bicyclic) bond motifs is 1. The van der Waals surface area contributed by atoms with Crippen molar-refractivity contribution in [2.24, 2.45) is 0 Å². The predicted octanol–water partition coefficient (Wildman–Crippen LogP) is 3.08. The van der Waals surface area contributed by atoms with Crippen LogP contribution in [0.3, 0.4) is 0 Å². The van der Waals surface area contributed by atoms with Crippen LogP contribution in [-0.4, -0.2) is 34.0 Å². The standard InChI is InChI=1S/C14H13ClN4O/c15-11-6-4-10-5-7-12(17-13(10)16-11)18-14(20)19-8-2-1-3-9-19/h1-2,4-7H,3,8-9H2,(H,16,17,18,20). The van der Waals surface area contributed by atoms with Gasteiger partial charge in [0.05, 0.1) is 0 Å². The number of pyridine rings is 2. The lowest BCUT2D eigenvalue weighted by atomic mass is 10.2. The summed E-state index contributed by atoms with van der Waals surface area (Å²) in [5.41, 5.74) is 0.522. The molecule has 2 aromatic heterocycles. The molecule has 20 heavy (non-hydrogen) atoms. The maximum Gasteiger partial charge on any atom is 0.323 e. The number of halogens is 1. The van der Waals surface area contributed by atoms with E-state index in [4.69, 9.17) is 11.6 Å². The van der Waals surface area contributed by atoms with Gasteiger partial charge in [-0.15, -0.1) is 0 Å². The molecule has 2 aromatic rings. The number of aromatic nitrogens is 2. The molecule has 102 valence electrons. The van der Waals surface area contributed by atoms with Crippen molar-refractivity contribution in [3.63, 3.8) is 0 Å². The summed E-state index contributed by atoms with van der Waals surface area (Å²) in [4.78, 5) is 22.2. The number of carbonyl (C=O) groups excluding carboxylic acids is 1. The number of urea groups is 1. The van der Waals surface area contributed by atoms with Gasteiger partial charge in [0, 0.05) is 18.5 Å². The molecule has 0 saturated carbocycles. The number of anilines is 1. The molecule has 0 saturated heterocycles. The van der Waals surface area contributed by atoms with E-state index in [0.29, 0.717) is 23.2 Å². The number of nitrogens with zero attached hydrogens (tertiary/aromatic N) is 3. The molecule has 1 aliphatic rings. The summed E-state index contributed by atoms with van der Waals surface area (Å²) in [6.07, 6.45) is 4.94. The lowest BCUT2D eigenvalue weighted by Crippen LogP contribution is -2.37. The Morgan fingerprint density at radius 1 is 1.20 bits per heavy atom. The van der Waals surface area contributed by atoms with Crippen LogP contribution in [0.4, 0.5) is 10.6 Å². The minimum atomic E-state index is -0.150. The molecule has 6 heteroatoms. The molecule has 0 bridgehead atoms. The third-order valence-electron chi connectivity index (χ3n) is 3.10. The van der Waals surface area contributed by atoms with Crippen molar-refractivity contribution in [3.05, 3.63) is 41.6 Å². The minimum absolute atomic E-state index is 0.150. The first kappa shape index (κ1) is 12.9. The van der Waals surface area contributed by atoms with Crippen LogP contribution in [0.25, 0.3) is 11.0 Å². The fourth-order valence-electron chi connectivity index (χ4n) is 2.06. The lowest BCUT2D eigenvalue weighted by molar-refractivity contribution is 0.216. The topological polar surface area (TPSA) is 58.1 Å². The second-order valence-corrected chi connectivity index (χ2v) is 4.90. The molecular formula is C14H13ClN4O. The molecule has 0 unspecified atom stereocenters. The van der Waals surface area contributed by atoms with Gasteiger partial charge in [-0.2, -0.15) is 0 Å². The molecule has 0 aliphatic carbocycles. The number of nitrogens with one attached hydrogen (secondary N) is 1. The van der Waals surface area contributed by atoms with Gasteiger partial charge >= 0.3 is 6.03 Å². The zero-order valence-corrected chi connectivity index (χ0v) is 11.5. The van der Waals surface area contributed by atoms with Crippen LogP contribution in [-0.2, 0) is 0 Å². The Bertz CT molecular complexity index is 686. The zero-order chi connectivity index (χ0) is 13.9. The van der Waals surface area contributed by atoms with E-state index in [1.165, 1.54) is 0 Å². The van der Waals surface area contributed by atoms with Crippen LogP contribution < -0.4 is 5.32 Å². The normalized spacial score (nSPS) is 14.6. The molecule has 0 fully saturated rings. The van der Waals surface area contributed by atoms with Crippen LogP contribution in [0.15, 0.2) is 36.4 Å². The Morgan fingerprint density at radius 3 is 2.85 bits per heavy atom. The fraction of sp³-hybridized carbons (Fsp3) is 0.214. The first-order valence-corrected chi connectivity index (χ1v) is 6.74. The van der Waals surface area contributed by atoms with Crippen LogP contribution >= 0.6 is 11.6 Å². The van der Waals surface area contributed by atoms with E-state index in [2.05, 4.69) is 21.4 Å². The maximum atomic E-state index is 12.1. The average Bonchev–Trinajstić information content (AvgIpc) is 2.47. The molecule has 0 atom stereocenters. The second-order valence-electron chi connectivity index (χ2n) is 4.51. The monoisotopic (exact) mass is 288 g/mol. The summed E-state index contributed by atoms with van der Waals surface area (Å²) < 4.78 is 0. The van der Waals surface area contributed by atoms with Crippen molar-refractivity contribution in [1.82, 2.24) is 14.9 Å². The third kappa shape index (κ3) is 2.72. The van der Waals surface area contributed by atoms with Crippen molar-refractivity contribution in [2.75, 3.05) is 18.4 Å². The van der Waals surface area contributed by atoms with Crippen LogP contribution in [0.1, 0.15) is 6.42 Å². The Hall–Kier alpha value is -2.14. The van der Waals surface area contributed by atoms with Gasteiger partial charge in [0.25, 0.3) is 0 Å². The summed E-state index contributed by atoms with van der Waals surface area (Å²) in [6, 6.07) is 7.03. The Morgan fingerprint density at radius 2 is 2.05 bits per heavy atom. The quantitative estimate of drug-likeness (QED) is 0.648. The van der Waals surface area contributed by atoms with E-state index in [9.17, 15) is 4.79 Å². The summed E-state index contributed by atoms with van der Waals surface area (Å²) >= 11 is 5.84. The zero-order valence-electron chi connectivity index (χ0n) is 10.7. The summed E-state index contributed by atoms with van der Waals surface area (Å²) in [5, 5.41) is 4.05. The van der Waals surface area contributed by atoms with Gasteiger partial charge in [-0.05, 0) is 30.7 Å². The molecular weight excluding hydrogens is 276 g/mol. The SMILES string of the molecule is O=C(Nc1ccc2ccc(Cl)nc2n1)N1CC=CCC1. The van der Waals surface area contributed by atoms with Gasteiger partial charge < -0.3 is 4.90 Å². The number of hydrogen-bond acceptors (Lipinski definition) is 3. The van der Waals surface area contributed by atoms with Gasteiger partial charge in [0.15, 0.2) is 5.65 Å². The van der Waals surface area contributed by atoms with E-state index in [1.54, 1.807) is 17.0 Å². The third-order valence-corrected chi connectivity index (χ3v) is 3.31. The number of rotatable bonds is 1. The minimum Gasteiger partial charge on any atom is -0.320 e. The fourth-order valence-corrected chi connectivity index (χ4v) is 2.20. The first-order valence-electron chi connectivity index (χ1n) is 6.36. The van der Waals surface area contributed by atoms with E-state index in [0.717, 1.165) is 18.4 Å². The van der Waals surface area contributed by atoms with E-state index >= 15 is 0 Å². The molecule has 0 radical (unpaired) electrons. The Labute approximate surface area is 121 Å². The van der Waals surface area contributed by atoms with E-state index in [-0.39, 0.29) is 6.03 Å². The van der Waals surface area contributed by atoms with Crippen molar-refractivity contribution in [2.45, 2.75) is 6.42 Å². The van der Waals surface area contributed by atoms with Gasteiger partial charge in [0.2, 0.25) is 0 Å². The summed E-state index contributed by atoms with van der Waals surface area (Å²) in [7, 11) is 0. The van der Waals surface area contributed by atoms with Crippen LogP contribution in [0, 0.1) is 0 Å².